The predicted molar refractivity (Wildman–Crippen MR) is 187 cm³/mol. The van der Waals surface area contributed by atoms with Crippen molar-refractivity contribution in [2.45, 2.75) is 171 Å². The van der Waals surface area contributed by atoms with Gasteiger partial charge in [-0.2, -0.15) is 0 Å². The molecule has 2 saturated carbocycles. The second-order valence-corrected chi connectivity index (χ2v) is 16.0. The fourth-order valence-electron chi connectivity index (χ4n) is 4.64. The van der Waals surface area contributed by atoms with E-state index >= 15 is 0 Å². The quantitative estimate of drug-likeness (QED) is 0.321. The van der Waals surface area contributed by atoms with Crippen LogP contribution in [-0.4, -0.2) is 93.8 Å². The fraction of sp³-hybridized carbons (Fsp3) is 0.917. The Morgan fingerprint density at radius 1 is 0.667 bits per heavy atom. The maximum absolute atomic E-state index is 11.8. The van der Waals surface area contributed by atoms with Crippen molar-refractivity contribution in [3.8, 4) is 0 Å². The lowest BCUT2D eigenvalue weighted by Gasteiger charge is -2.37. The minimum absolute atomic E-state index is 0.135. The maximum atomic E-state index is 11.8. The summed E-state index contributed by atoms with van der Waals surface area (Å²) in [6.07, 6.45) is 7.52. The molecule has 4 fully saturated rings. The topological polar surface area (TPSA) is 102 Å². The molecule has 0 aromatic heterocycles. The highest BCUT2D eigenvalue weighted by molar-refractivity contribution is 5.74. The molecule has 2 saturated heterocycles. The first-order chi connectivity index (χ1) is 20.7. The third-order valence-corrected chi connectivity index (χ3v) is 6.63. The van der Waals surface area contributed by atoms with Gasteiger partial charge in [-0.3, -0.25) is 4.79 Å². The van der Waals surface area contributed by atoms with Crippen LogP contribution in [0.5, 0.6) is 0 Å². The molecular weight excluding hydrogens is 568 g/mol. The van der Waals surface area contributed by atoms with E-state index in [9.17, 15) is 14.4 Å². The SMILES string of the molecule is CC(=O)N(C1CC1)C1CCN(C(=O)O)CC1.CC(C)(C)OC(=O)N1CCC(NC2CC2)CC1.CC(C)C.CC(C)C.CC(C)C. The number of rotatable bonds is 4. The summed E-state index contributed by atoms with van der Waals surface area (Å²) in [5.41, 5.74) is -0.389. The predicted octanol–water partition coefficient (Wildman–Crippen LogP) is 8.26. The van der Waals surface area contributed by atoms with Crippen LogP contribution in [0.15, 0.2) is 0 Å². The second-order valence-electron chi connectivity index (χ2n) is 16.0. The molecule has 0 unspecified atom stereocenters. The summed E-state index contributed by atoms with van der Waals surface area (Å²) in [4.78, 5) is 39.4. The standard InChI is InChI=1S/C13H24N2O2.C11H18N2O3.3C4H10/c1-13(2,3)17-12(16)15-8-6-11(7-9-15)14-10-4-5-10;1-8(14)13(9-2-3-9)10-4-6-12(7-5-10)11(15)16;3*1-4(2)3/h10-11,14H,4-9H2,1-3H3;9-10H,2-7H2,1H3,(H,15,16);3*4H,1-3H3. The molecule has 0 atom stereocenters. The molecule has 9 nitrogen and oxygen atoms in total. The lowest BCUT2D eigenvalue weighted by Crippen LogP contribution is -2.48. The molecular formula is C36H72N4O5. The average Bonchev–Trinajstić information content (AvgIpc) is 3.80. The van der Waals surface area contributed by atoms with Crippen molar-refractivity contribution in [1.29, 1.82) is 0 Å². The number of carbonyl (C=O) groups is 3. The van der Waals surface area contributed by atoms with E-state index in [0.29, 0.717) is 25.2 Å². The molecule has 2 N–H and O–H groups in total. The molecule has 4 rings (SSSR count). The van der Waals surface area contributed by atoms with Crippen LogP contribution in [0, 0.1) is 17.8 Å². The maximum Gasteiger partial charge on any atom is 0.410 e. The summed E-state index contributed by atoms with van der Waals surface area (Å²) >= 11 is 0. The van der Waals surface area contributed by atoms with Crippen LogP contribution in [0.3, 0.4) is 0 Å². The van der Waals surface area contributed by atoms with Gasteiger partial charge in [-0.1, -0.05) is 62.3 Å². The summed E-state index contributed by atoms with van der Waals surface area (Å²) in [5, 5.41) is 12.5. The highest BCUT2D eigenvalue weighted by atomic mass is 16.6. The Balaban J connectivity index is 0.000000637. The molecule has 9 heteroatoms. The Morgan fingerprint density at radius 3 is 1.33 bits per heavy atom. The number of likely N-dealkylation sites (tertiary alicyclic amines) is 2. The molecule has 2 aliphatic heterocycles. The van der Waals surface area contributed by atoms with Gasteiger partial charge >= 0.3 is 12.2 Å². The molecule has 2 aliphatic carbocycles. The first-order valence-corrected chi connectivity index (χ1v) is 17.7. The van der Waals surface area contributed by atoms with Gasteiger partial charge in [-0.05, 0) is 89.9 Å². The van der Waals surface area contributed by atoms with Crippen LogP contribution >= 0.6 is 0 Å². The minimum atomic E-state index is -0.848. The summed E-state index contributed by atoms with van der Waals surface area (Å²) in [6, 6.07) is 2.04. The van der Waals surface area contributed by atoms with E-state index in [1.54, 1.807) is 6.92 Å². The summed E-state index contributed by atoms with van der Waals surface area (Å²) in [7, 11) is 0. The Labute approximate surface area is 277 Å². The van der Waals surface area contributed by atoms with Gasteiger partial charge in [0.25, 0.3) is 0 Å². The molecule has 0 radical (unpaired) electrons. The summed E-state index contributed by atoms with van der Waals surface area (Å²) in [6.45, 7) is 29.6. The monoisotopic (exact) mass is 641 g/mol. The number of carbonyl (C=O) groups excluding carboxylic acids is 2. The molecule has 2 heterocycles. The van der Waals surface area contributed by atoms with Gasteiger partial charge in [0.15, 0.2) is 0 Å². The fourth-order valence-corrected chi connectivity index (χ4v) is 4.64. The van der Waals surface area contributed by atoms with Gasteiger partial charge in [0, 0.05) is 57.3 Å². The molecule has 0 aromatic rings. The van der Waals surface area contributed by atoms with Crippen molar-refractivity contribution in [2.24, 2.45) is 17.8 Å². The van der Waals surface area contributed by atoms with Crippen LogP contribution in [0.25, 0.3) is 0 Å². The lowest BCUT2D eigenvalue weighted by atomic mass is 10.0. The van der Waals surface area contributed by atoms with E-state index in [1.165, 1.54) is 17.7 Å². The van der Waals surface area contributed by atoms with E-state index < -0.39 is 6.09 Å². The van der Waals surface area contributed by atoms with Crippen molar-refractivity contribution < 1.29 is 24.2 Å². The zero-order valence-corrected chi connectivity index (χ0v) is 31.4. The Kier molecular flexibility index (Phi) is 20.7. The minimum Gasteiger partial charge on any atom is -0.465 e. The van der Waals surface area contributed by atoms with Crippen LogP contribution in [0.2, 0.25) is 0 Å². The molecule has 3 amide bonds. The zero-order valence-electron chi connectivity index (χ0n) is 31.4. The Bertz CT molecular complexity index is 795. The van der Waals surface area contributed by atoms with Crippen LogP contribution < -0.4 is 5.32 Å². The van der Waals surface area contributed by atoms with Crippen molar-refractivity contribution in [2.75, 3.05) is 26.2 Å². The van der Waals surface area contributed by atoms with Gasteiger partial charge in [-0.15, -0.1) is 0 Å². The van der Waals surface area contributed by atoms with Crippen molar-refractivity contribution >= 4 is 18.1 Å². The van der Waals surface area contributed by atoms with E-state index in [2.05, 4.69) is 67.6 Å². The molecule has 266 valence electrons. The molecule has 0 bridgehead atoms. The van der Waals surface area contributed by atoms with E-state index in [4.69, 9.17) is 9.84 Å². The highest BCUT2D eigenvalue weighted by Crippen LogP contribution is 2.32. The molecule has 0 aromatic carbocycles. The summed E-state index contributed by atoms with van der Waals surface area (Å²) < 4.78 is 5.37. The molecule has 45 heavy (non-hydrogen) atoms. The number of amides is 3. The van der Waals surface area contributed by atoms with Crippen molar-refractivity contribution in [1.82, 2.24) is 20.0 Å². The number of nitrogens with zero attached hydrogens (tertiary/aromatic N) is 3. The van der Waals surface area contributed by atoms with E-state index in [1.807, 2.05) is 30.6 Å². The molecule has 0 spiro atoms. The number of piperidine rings is 2. The zero-order chi connectivity index (χ0) is 34.9. The van der Waals surface area contributed by atoms with Crippen molar-refractivity contribution in [3.05, 3.63) is 0 Å². The number of nitrogens with one attached hydrogen (secondary N) is 1. The van der Waals surface area contributed by atoms with E-state index in [-0.39, 0.29) is 23.6 Å². The normalized spacial score (nSPS) is 18.8. The smallest absolute Gasteiger partial charge is 0.410 e. The lowest BCUT2D eigenvalue weighted by molar-refractivity contribution is -0.132. The van der Waals surface area contributed by atoms with Gasteiger partial charge in [0.05, 0.1) is 0 Å². The first-order valence-electron chi connectivity index (χ1n) is 17.7. The van der Waals surface area contributed by atoms with Crippen LogP contribution in [0.1, 0.15) is 141 Å². The number of hydrogen-bond donors (Lipinski definition) is 2. The third-order valence-electron chi connectivity index (χ3n) is 6.63. The van der Waals surface area contributed by atoms with Crippen LogP contribution in [0.4, 0.5) is 9.59 Å². The average molecular weight is 641 g/mol. The van der Waals surface area contributed by atoms with Gasteiger partial charge in [0.2, 0.25) is 5.91 Å². The number of carboxylic acid groups (broad SMARTS) is 1. The van der Waals surface area contributed by atoms with Gasteiger partial charge < -0.3 is 29.9 Å². The third kappa shape index (κ3) is 23.9. The summed E-state index contributed by atoms with van der Waals surface area (Å²) in [5.74, 6) is 2.64. The molecule has 4 aliphatic rings. The second kappa shape index (κ2) is 21.7. The Morgan fingerprint density at radius 2 is 1.02 bits per heavy atom. The first kappa shape index (κ1) is 43.0. The number of ether oxygens (including phenoxy) is 1. The largest absolute Gasteiger partial charge is 0.465 e. The number of hydrogen-bond acceptors (Lipinski definition) is 5. The van der Waals surface area contributed by atoms with E-state index in [0.717, 1.165) is 75.4 Å². The van der Waals surface area contributed by atoms with Gasteiger partial charge in [0.1, 0.15) is 5.60 Å². The van der Waals surface area contributed by atoms with Crippen LogP contribution in [-0.2, 0) is 9.53 Å². The highest BCUT2D eigenvalue weighted by Gasteiger charge is 2.37. The Hall–Kier alpha value is -2.03. The van der Waals surface area contributed by atoms with Gasteiger partial charge in [-0.25, -0.2) is 9.59 Å². The van der Waals surface area contributed by atoms with Crippen molar-refractivity contribution in [3.63, 3.8) is 0 Å².